The molecule has 0 amide bonds. The van der Waals surface area contributed by atoms with Crippen molar-refractivity contribution in [3.63, 3.8) is 0 Å². The van der Waals surface area contributed by atoms with Crippen LogP contribution in [0.2, 0.25) is 0 Å². The minimum atomic E-state index is -0.198. The van der Waals surface area contributed by atoms with Crippen LogP contribution in [0.4, 0.5) is 0 Å². The van der Waals surface area contributed by atoms with Crippen LogP contribution in [-0.2, 0) is 31.9 Å². The van der Waals surface area contributed by atoms with Crippen molar-refractivity contribution in [1.82, 2.24) is 4.98 Å². The molecule has 0 saturated carbocycles. The third kappa shape index (κ3) is 6.26. The molecule has 2 aromatic rings. The lowest BCUT2D eigenvalue weighted by Crippen LogP contribution is -2.13. The number of nitrogens with one attached hydrogen (secondary N) is 1. The lowest BCUT2D eigenvalue weighted by atomic mass is 9.87. The predicted molar refractivity (Wildman–Crippen MR) is 116 cm³/mol. The molecule has 168 valence electrons. The molecule has 7 nitrogen and oxygen atoms in total. The summed E-state index contributed by atoms with van der Waals surface area (Å²) in [4.78, 5) is 26.2. The second-order valence-corrected chi connectivity index (χ2v) is 7.39. The van der Waals surface area contributed by atoms with E-state index in [1.165, 1.54) is 11.1 Å². The van der Waals surface area contributed by atoms with Gasteiger partial charge in [-0.3, -0.25) is 9.59 Å². The molecule has 1 aliphatic rings. The minimum absolute atomic E-state index is 0.198. The number of fused-ring (bicyclic) bond motifs is 2. The first-order valence-corrected chi connectivity index (χ1v) is 11.0. The van der Waals surface area contributed by atoms with Crippen LogP contribution in [-0.4, -0.2) is 43.4 Å². The molecule has 1 aromatic heterocycles. The number of rotatable bonds is 12. The summed E-state index contributed by atoms with van der Waals surface area (Å²) in [6.07, 6.45) is 7.48. The average molecular weight is 430 g/mol. The van der Waals surface area contributed by atoms with E-state index in [1.54, 1.807) is 13.8 Å². The van der Waals surface area contributed by atoms with E-state index in [9.17, 15) is 9.59 Å². The third-order valence-electron chi connectivity index (χ3n) is 5.18. The Kier molecular flexibility index (Phi) is 8.38. The number of carbonyl (C=O) groups is 2. The van der Waals surface area contributed by atoms with Gasteiger partial charge in [-0.05, 0) is 49.9 Å². The molecule has 1 aromatic carbocycles. The second kappa shape index (κ2) is 11.4. The van der Waals surface area contributed by atoms with Gasteiger partial charge in [0.15, 0.2) is 0 Å². The molecule has 0 radical (unpaired) electrons. The van der Waals surface area contributed by atoms with Gasteiger partial charge in [-0.15, -0.1) is 0 Å². The number of esters is 2. The highest BCUT2D eigenvalue weighted by Crippen LogP contribution is 2.38. The Bertz CT molecular complexity index is 819. The van der Waals surface area contributed by atoms with Gasteiger partial charge in [0.05, 0.1) is 26.4 Å². The monoisotopic (exact) mass is 429 g/mol. The van der Waals surface area contributed by atoms with Gasteiger partial charge in [0, 0.05) is 49.2 Å². The number of aromatic nitrogens is 1. The molecule has 0 saturated heterocycles. The molecule has 3 rings (SSSR count). The maximum atomic E-state index is 11.5. The molecule has 7 heteroatoms. The summed E-state index contributed by atoms with van der Waals surface area (Å²) in [7, 11) is 0. The smallest absolute Gasteiger partial charge is 0.305 e. The summed E-state index contributed by atoms with van der Waals surface area (Å²) in [5.41, 5.74) is 4.74. The molecule has 1 aliphatic carbocycles. The summed E-state index contributed by atoms with van der Waals surface area (Å²) < 4.78 is 22.0. The average Bonchev–Trinajstić information content (AvgIpc) is 3.21. The van der Waals surface area contributed by atoms with Crippen molar-refractivity contribution in [2.75, 3.05) is 26.4 Å². The Morgan fingerprint density at radius 2 is 1.26 bits per heavy atom. The highest BCUT2D eigenvalue weighted by atomic mass is 16.5. The number of hydrogen-bond donors (Lipinski definition) is 1. The van der Waals surface area contributed by atoms with E-state index in [0.29, 0.717) is 52.1 Å². The van der Waals surface area contributed by atoms with Crippen LogP contribution >= 0.6 is 0 Å². The lowest BCUT2D eigenvalue weighted by molar-refractivity contribution is -0.144. The van der Waals surface area contributed by atoms with Crippen LogP contribution < -0.4 is 9.47 Å². The summed E-state index contributed by atoms with van der Waals surface area (Å²) in [6.45, 7) is 5.30. The van der Waals surface area contributed by atoms with E-state index < -0.39 is 0 Å². The maximum Gasteiger partial charge on any atom is 0.305 e. The zero-order valence-electron chi connectivity index (χ0n) is 18.3. The highest BCUT2D eigenvalue weighted by molar-refractivity contribution is 5.69. The number of hydrogen-bond acceptors (Lipinski definition) is 6. The standard InChI is InChI=1S/C24H31NO6/c1-3-28-23(26)7-5-11-30-21-9-10-22(31-12-6-8-24(27)29-4-2)20-14-18-16-25-15-17(18)13-19(20)21/h9-10,15-16,25H,3-8,11-14H2,1-2H3. The molecule has 0 spiro atoms. The van der Waals surface area contributed by atoms with Gasteiger partial charge in [-0.25, -0.2) is 0 Å². The van der Waals surface area contributed by atoms with Crippen molar-refractivity contribution < 1.29 is 28.5 Å². The summed E-state index contributed by atoms with van der Waals surface area (Å²) in [5, 5.41) is 0. The van der Waals surface area contributed by atoms with Crippen LogP contribution in [0.5, 0.6) is 11.5 Å². The Balaban J connectivity index is 1.64. The van der Waals surface area contributed by atoms with E-state index in [0.717, 1.165) is 35.5 Å². The van der Waals surface area contributed by atoms with Gasteiger partial charge in [0.25, 0.3) is 0 Å². The van der Waals surface area contributed by atoms with E-state index in [4.69, 9.17) is 18.9 Å². The quantitative estimate of drug-likeness (QED) is 0.346. The van der Waals surface area contributed by atoms with Crippen LogP contribution in [0.3, 0.4) is 0 Å². The van der Waals surface area contributed by atoms with Gasteiger partial charge in [0.2, 0.25) is 0 Å². The lowest BCUT2D eigenvalue weighted by Gasteiger charge is -2.23. The highest BCUT2D eigenvalue weighted by Gasteiger charge is 2.23. The molecule has 31 heavy (non-hydrogen) atoms. The van der Waals surface area contributed by atoms with Crippen molar-refractivity contribution in [1.29, 1.82) is 0 Å². The van der Waals surface area contributed by atoms with E-state index in [2.05, 4.69) is 4.98 Å². The summed E-state index contributed by atoms with van der Waals surface area (Å²) in [5.74, 6) is 1.25. The molecule has 0 aliphatic heterocycles. The molecule has 0 unspecified atom stereocenters. The van der Waals surface area contributed by atoms with E-state index >= 15 is 0 Å². The van der Waals surface area contributed by atoms with Gasteiger partial charge >= 0.3 is 11.9 Å². The van der Waals surface area contributed by atoms with Crippen molar-refractivity contribution in [3.8, 4) is 11.5 Å². The van der Waals surface area contributed by atoms with E-state index in [-0.39, 0.29) is 11.9 Å². The van der Waals surface area contributed by atoms with Gasteiger partial charge in [0.1, 0.15) is 11.5 Å². The normalized spacial score (nSPS) is 11.9. The summed E-state index contributed by atoms with van der Waals surface area (Å²) >= 11 is 0. The Morgan fingerprint density at radius 1 is 0.806 bits per heavy atom. The number of H-pyrrole nitrogens is 1. The SMILES string of the molecule is CCOC(=O)CCCOc1ccc(OCCCC(=O)OCC)c2c1Cc1c[nH]cc1C2. The van der Waals surface area contributed by atoms with Crippen LogP contribution in [0.1, 0.15) is 61.8 Å². The van der Waals surface area contributed by atoms with Crippen molar-refractivity contribution >= 4 is 11.9 Å². The Morgan fingerprint density at radius 3 is 1.68 bits per heavy atom. The zero-order valence-corrected chi connectivity index (χ0v) is 18.3. The van der Waals surface area contributed by atoms with Crippen LogP contribution in [0.25, 0.3) is 0 Å². The van der Waals surface area contributed by atoms with E-state index in [1.807, 2.05) is 24.5 Å². The Labute approximate surface area is 183 Å². The second-order valence-electron chi connectivity index (χ2n) is 7.39. The molecule has 1 N–H and O–H groups in total. The van der Waals surface area contributed by atoms with Crippen LogP contribution in [0.15, 0.2) is 24.5 Å². The third-order valence-corrected chi connectivity index (χ3v) is 5.18. The number of benzene rings is 1. The maximum absolute atomic E-state index is 11.5. The van der Waals surface area contributed by atoms with Crippen LogP contribution in [0, 0.1) is 0 Å². The molecule has 0 bridgehead atoms. The number of aromatic amines is 1. The first kappa shape index (κ1) is 22.7. The van der Waals surface area contributed by atoms with Crippen molar-refractivity contribution in [2.45, 2.75) is 52.4 Å². The molecule has 1 heterocycles. The number of ether oxygens (including phenoxy) is 4. The topological polar surface area (TPSA) is 86.8 Å². The van der Waals surface area contributed by atoms with Gasteiger partial charge in [-0.2, -0.15) is 0 Å². The van der Waals surface area contributed by atoms with Gasteiger partial charge < -0.3 is 23.9 Å². The molecule has 0 fully saturated rings. The van der Waals surface area contributed by atoms with Crippen molar-refractivity contribution in [2.24, 2.45) is 0 Å². The summed E-state index contributed by atoms with van der Waals surface area (Å²) in [6, 6.07) is 3.86. The molecular weight excluding hydrogens is 398 g/mol. The predicted octanol–water partition coefficient (Wildman–Crippen LogP) is 3.95. The molecule has 0 atom stereocenters. The fraction of sp³-hybridized carbons (Fsp3) is 0.500. The minimum Gasteiger partial charge on any atom is -0.493 e. The van der Waals surface area contributed by atoms with Crippen molar-refractivity contribution in [3.05, 3.63) is 46.8 Å². The Hall–Kier alpha value is -2.96. The first-order chi connectivity index (χ1) is 15.1. The fourth-order valence-electron chi connectivity index (χ4n) is 3.71. The first-order valence-electron chi connectivity index (χ1n) is 11.0. The van der Waals surface area contributed by atoms with Gasteiger partial charge in [-0.1, -0.05) is 0 Å². The molecular formula is C24H31NO6. The zero-order chi connectivity index (χ0) is 22.1. The largest absolute Gasteiger partial charge is 0.493 e. The fourth-order valence-corrected chi connectivity index (χ4v) is 3.71. The number of carbonyl (C=O) groups excluding carboxylic acids is 2.